The summed E-state index contributed by atoms with van der Waals surface area (Å²) in [6, 6.07) is 0. The molecule has 0 fully saturated rings. The van der Waals surface area contributed by atoms with E-state index in [9.17, 15) is 9.59 Å². The van der Waals surface area contributed by atoms with Gasteiger partial charge in [0.05, 0.1) is 7.11 Å². The van der Waals surface area contributed by atoms with Crippen LogP contribution >= 0.6 is 0 Å². The van der Waals surface area contributed by atoms with Crippen LogP contribution in [0.3, 0.4) is 0 Å². The average Bonchev–Trinajstić information content (AvgIpc) is 2.12. The third kappa shape index (κ3) is 6.33. The number of methoxy groups -OCH3 is 1. The van der Waals surface area contributed by atoms with E-state index in [1.807, 2.05) is 0 Å². The highest BCUT2D eigenvalue weighted by Crippen LogP contribution is 1.83. The fraction of sp³-hybridized carbons (Fsp3) is 0.143. The number of azide groups is 1. The molecule has 13 heavy (non-hydrogen) atoms. The Balaban J connectivity index is 4.01. The van der Waals surface area contributed by atoms with Crippen LogP contribution in [0.15, 0.2) is 29.4 Å². The summed E-state index contributed by atoms with van der Waals surface area (Å²) in [7, 11) is 1.24. The van der Waals surface area contributed by atoms with Crippen molar-refractivity contribution in [3.63, 3.8) is 0 Å². The van der Waals surface area contributed by atoms with Gasteiger partial charge in [0, 0.05) is 11.0 Å². The Kier molecular flexibility index (Phi) is 5.57. The van der Waals surface area contributed by atoms with Crippen LogP contribution < -0.4 is 0 Å². The summed E-state index contributed by atoms with van der Waals surface area (Å²) in [6.07, 6.45) is 4.73. The van der Waals surface area contributed by atoms with Crippen molar-refractivity contribution in [3.05, 3.63) is 34.7 Å². The van der Waals surface area contributed by atoms with Gasteiger partial charge in [0.15, 0.2) is 0 Å². The fourth-order valence-electron chi connectivity index (χ4n) is 0.417. The molecule has 0 saturated heterocycles. The molecule has 0 atom stereocenters. The molecule has 68 valence electrons. The van der Waals surface area contributed by atoms with Gasteiger partial charge in [-0.3, -0.25) is 4.79 Å². The van der Waals surface area contributed by atoms with Crippen LogP contribution in [0.25, 0.3) is 10.4 Å². The highest BCUT2D eigenvalue weighted by molar-refractivity contribution is 5.89. The first-order valence-corrected chi connectivity index (χ1v) is 3.22. The lowest BCUT2D eigenvalue weighted by Crippen LogP contribution is -1.92. The van der Waals surface area contributed by atoms with E-state index in [1.54, 1.807) is 0 Å². The number of carbonyl (C=O) groups excluding carboxylic acids is 2. The van der Waals surface area contributed by atoms with Crippen LogP contribution in [0.5, 0.6) is 0 Å². The maximum absolute atomic E-state index is 10.5. The Morgan fingerprint density at radius 3 is 2.54 bits per heavy atom. The Labute approximate surface area is 74.1 Å². The van der Waals surface area contributed by atoms with E-state index >= 15 is 0 Å². The molecule has 0 unspecified atom stereocenters. The summed E-state index contributed by atoms with van der Waals surface area (Å²) >= 11 is 0. The van der Waals surface area contributed by atoms with Crippen molar-refractivity contribution in [1.82, 2.24) is 0 Å². The van der Waals surface area contributed by atoms with Crippen molar-refractivity contribution in [1.29, 1.82) is 0 Å². The Morgan fingerprint density at radius 2 is 2.00 bits per heavy atom. The summed E-state index contributed by atoms with van der Waals surface area (Å²) in [5, 5.41) is 2.77. The van der Waals surface area contributed by atoms with Crippen LogP contribution in [0.1, 0.15) is 0 Å². The molecule has 6 nitrogen and oxygen atoms in total. The maximum atomic E-state index is 10.5. The minimum atomic E-state index is -0.725. The number of nitrogens with zero attached hydrogens (tertiary/aromatic N) is 3. The Bertz CT molecular complexity index is 300. The zero-order valence-corrected chi connectivity index (χ0v) is 6.88. The second-order valence-corrected chi connectivity index (χ2v) is 1.77. The van der Waals surface area contributed by atoms with Gasteiger partial charge in [0.25, 0.3) is 0 Å². The van der Waals surface area contributed by atoms with Crippen molar-refractivity contribution >= 4 is 11.9 Å². The molecule has 0 bridgehead atoms. The van der Waals surface area contributed by atoms with Gasteiger partial charge in [-0.25, -0.2) is 4.79 Å². The predicted octanol–water partition coefficient (Wildman–Crippen LogP) is 1.11. The van der Waals surface area contributed by atoms with E-state index in [0.29, 0.717) is 0 Å². The summed E-state index contributed by atoms with van der Waals surface area (Å²) in [4.78, 5) is 23.2. The lowest BCUT2D eigenvalue weighted by atomic mass is 10.4. The Morgan fingerprint density at radius 1 is 1.38 bits per heavy atom. The SMILES string of the molecule is COC(=O)/C=C/C=C/C(=O)N=[N+]=[N-]. The standard InChI is InChI=1S/C7H7N3O3/c1-13-7(12)5-3-2-4-6(11)9-10-8/h2-5H,1H3/b4-2+,5-3+. The van der Waals surface area contributed by atoms with Crippen LogP contribution in [-0.4, -0.2) is 19.0 Å². The van der Waals surface area contributed by atoms with E-state index in [0.717, 1.165) is 12.2 Å². The summed E-state index contributed by atoms with van der Waals surface area (Å²) in [5.41, 5.74) is 7.83. The number of ether oxygens (including phenoxy) is 1. The second kappa shape index (κ2) is 6.63. The van der Waals surface area contributed by atoms with Crippen LogP contribution in [-0.2, 0) is 14.3 Å². The van der Waals surface area contributed by atoms with E-state index < -0.39 is 11.9 Å². The molecule has 0 spiro atoms. The molecule has 0 aliphatic rings. The molecule has 6 heteroatoms. The average molecular weight is 181 g/mol. The zero-order chi connectivity index (χ0) is 10.1. The van der Waals surface area contributed by atoms with E-state index in [4.69, 9.17) is 5.53 Å². The fourth-order valence-corrected chi connectivity index (χ4v) is 0.417. The number of amides is 1. The smallest absolute Gasteiger partial charge is 0.330 e. The molecule has 0 N–H and O–H groups in total. The molecular formula is C7H7N3O3. The van der Waals surface area contributed by atoms with Crippen LogP contribution in [0, 0.1) is 0 Å². The van der Waals surface area contributed by atoms with Crippen molar-refractivity contribution in [2.75, 3.05) is 7.11 Å². The first-order valence-electron chi connectivity index (χ1n) is 3.22. The van der Waals surface area contributed by atoms with Gasteiger partial charge in [-0.2, -0.15) is 0 Å². The van der Waals surface area contributed by atoms with Gasteiger partial charge in [0.2, 0.25) is 5.91 Å². The zero-order valence-electron chi connectivity index (χ0n) is 6.88. The molecule has 0 aromatic carbocycles. The van der Waals surface area contributed by atoms with Gasteiger partial charge in [-0.15, -0.1) is 0 Å². The van der Waals surface area contributed by atoms with Gasteiger partial charge < -0.3 is 4.74 Å². The minimum Gasteiger partial charge on any atom is -0.466 e. The van der Waals surface area contributed by atoms with Crippen molar-refractivity contribution in [3.8, 4) is 0 Å². The lowest BCUT2D eigenvalue weighted by molar-refractivity contribution is -0.134. The van der Waals surface area contributed by atoms with Gasteiger partial charge in [-0.1, -0.05) is 12.2 Å². The van der Waals surface area contributed by atoms with E-state index in [-0.39, 0.29) is 0 Å². The molecule has 0 radical (unpaired) electrons. The normalized spacial score (nSPS) is 9.92. The summed E-state index contributed by atoms with van der Waals surface area (Å²) in [5.74, 6) is -1.25. The largest absolute Gasteiger partial charge is 0.466 e. The minimum absolute atomic E-state index is 0.527. The van der Waals surface area contributed by atoms with E-state index in [2.05, 4.69) is 14.8 Å². The number of rotatable bonds is 3. The molecular weight excluding hydrogens is 174 g/mol. The first kappa shape index (κ1) is 10.9. The van der Waals surface area contributed by atoms with E-state index in [1.165, 1.54) is 19.3 Å². The molecule has 0 aromatic heterocycles. The van der Waals surface area contributed by atoms with Crippen molar-refractivity contribution in [2.24, 2.45) is 5.11 Å². The van der Waals surface area contributed by atoms with Gasteiger partial charge >= 0.3 is 5.97 Å². The van der Waals surface area contributed by atoms with Gasteiger partial charge in [-0.05, 0) is 16.7 Å². The van der Waals surface area contributed by atoms with Crippen molar-refractivity contribution < 1.29 is 14.3 Å². The summed E-state index contributed by atoms with van der Waals surface area (Å²) < 4.78 is 4.28. The number of hydrogen-bond acceptors (Lipinski definition) is 3. The third-order valence-corrected chi connectivity index (χ3v) is 0.927. The predicted molar refractivity (Wildman–Crippen MR) is 44.4 cm³/mol. The number of esters is 1. The highest BCUT2D eigenvalue weighted by Gasteiger charge is 1.88. The highest BCUT2D eigenvalue weighted by atomic mass is 16.5. The second-order valence-electron chi connectivity index (χ2n) is 1.77. The number of carbonyl (C=O) groups is 2. The maximum Gasteiger partial charge on any atom is 0.330 e. The van der Waals surface area contributed by atoms with Crippen LogP contribution in [0.2, 0.25) is 0 Å². The number of hydrogen-bond donors (Lipinski definition) is 0. The molecule has 0 heterocycles. The molecule has 0 aromatic rings. The first-order chi connectivity index (χ1) is 6.20. The van der Waals surface area contributed by atoms with Gasteiger partial charge in [0.1, 0.15) is 0 Å². The molecule has 0 aliphatic carbocycles. The lowest BCUT2D eigenvalue weighted by Gasteiger charge is -1.85. The van der Waals surface area contributed by atoms with Crippen molar-refractivity contribution in [2.45, 2.75) is 0 Å². The number of allylic oxidation sites excluding steroid dienone is 2. The monoisotopic (exact) mass is 181 g/mol. The third-order valence-electron chi connectivity index (χ3n) is 0.927. The quantitative estimate of drug-likeness (QED) is 0.163. The Hall–Kier alpha value is -2.07. The van der Waals surface area contributed by atoms with Crippen LogP contribution in [0.4, 0.5) is 0 Å². The summed E-state index contributed by atoms with van der Waals surface area (Å²) in [6.45, 7) is 0. The molecule has 0 aliphatic heterocycles. The molecule has 1 amide bonds. The topological polar surface area (TPSA) is 92.1 Å². The molecule has 0 saturated carbocycles. The molecule has 0 rings (SSSR count).